The standard InChI is InChI=1S/C25H28N2O2.C2H2O4/c1-28-25-13-6-5-12-24(25)26-21-14-16-27(17-15-21)19-20-8-7-11-23(18-20)29-22-9-3-2-4-10-22;3-1(4)2(5)6/h2-13,18,21,26H,14-17,19H2,1H3;(H,3,4)(H,5,6). The van der Waals surface area contributed by atoms with Crippen LogP contribution in [0.3, 0.4) is 0 Å². The molecule has 0 saturated carbocycles. The number of rotatable bonds is 7. The first-order chi connectivity index (χ1) is 16.9. The molecule has 0 amide bonds. The highest BCUT2D eigenvalue weighted by molar-refractivity contribution is 6.27. The van der Waals surface area contributed by atoms with Gasteiger partial charge in [-0.15, -0.1) is 0 Å². The highest BCUT2D eigenvalue weighted by atomic mass is 16.5. The van der Waals surface area contributed by atoms with Crippen molar-refractivity contribution in [3.05, 3.63) is 84.4 Å². The second-order valence-corrected chi connectivity index (χ2v) is 8.07. The van der Waals surface area contributed by atoms with Gasteiger partial charge in [-0.2, -0.15) is 0 Å². The average Bonchev–Trinajstić information content (AvgIpc) is 2.87. The third kappa shape index (κ3) is 8.35. The van der Waals surface area contributed by atoms with Crippen LogP contribution >= 0.6 is 0 Å². The number of nitrogens with one attached hydrogen (secondary N) is 1. The molecule has 184 valence electrons. The number of carboxylic acids is 2. The van der Waals surface area contributed by atoms with Gasteiger partial charge in [-0.3, -0.25) is 4.90 Å². The van der Waals surface area contributed by atoms with Gasteiger partial charge in [-0.25, -0.2) is 9.59 Å². The van der Waals surface area contributed by atoms with Crippen molar-refractivity contribution in [2.75, 3.05) is 25.5 Å². The zero-order valence-electron chi connectivity index (χ0n) is 19.6. The molecular formula is C27H30N2O6. The molecule has 8 heteroatoms. The van der Waals surface area contributed by atoms with Crippen molar-refractivity contribution in [1.82, 2.24) is 4.90 Å². The summed E-state index contributed by atoms with van der Waals surface area (Å²) in [5, 5.41) is 18.4. The molecule has 0 bridgehead atoms. The van der Waals surface area contributed by atoms with E-state index < -0.39 is 11.9 Å². The van der Waals surface area contributed by atoms with Crippen molar-refractivity contribution < 1.29 is 29.3 Å². The lowest BCUT2D eigenvalue weighted by molar-refractivity contribution is -0.159. The number of hydrogen-bond acceptors (Lipinski definition) is 6. The van der Waals surface area contributed by atoms with Crippen LogP contribution in [0.25, 0.3) is 0 Å². The second kappa shape index (κ2) is 13.0. The van der Waals surface area contributed by atoms with Gasteiger partial charge in [-0.05, 0) is 54.8 Å². The van der Waals surface area contributed by atoms with Gasteiger partial charge in [-0.1, -0.05) is 42.5 Å². The zero-order valence-corrected chi connectivity index (χ0v) is 19.6. The lowest BCUT2D eigenvalue weighted by Crippen LogP contribution is -2.38. The molecule has 1 fully saturated rings. The van der Waals surface area contributed by atoms with Crippen LogP contribution in [0, 0.1) is 0 Å². The van der Waals surface area contributed by atoms with Crippen molar-refractivity contribution in [2.45, 2.75) is 25.4 Å². The summed E-state index contributed by atoms with van der Waals surface area (Å²) in [6.07, 6.45) is 2.25. The molecule has 1 aliphatic heterocycles. The minimum atomic E-state index is -1.82. The molecule has 8 nitrogen and oxygen atoms in total. The summed E-state index contributed by atoms with van der Waals surface area (Å²) in [5.74, 6) is -0.982. The molecule has 4 rings (SSSR count). The Morgan fingerprint density at radius 3 is 2.17 bits per heavy atom. The van der Waals surface area contributed by atoms with E-state index in [1.54, 1.807) is 7.11 Å². The Morgan fingerprint density at radius 1 is 0.886 bits per heavy atom. The molecule has 0 unspecified atom stereocenters. The lowest BCUT2D eigenvalue weighted by atomic mass is 10.0. The van der Waals surface area contributed by atoms with Crippen LogP contribution in [-0.4, -0.2) is 53.3 Å². The Balaban J connectivity index is 0.000000509. The summed E-state index contributed by atoms with van der Waals surface area (Å²) in [7, 11) is 1.72. The second-order valence-electron chi connectivity index (χ2n) is 8.07. The summed E-state index contributed by atoms with van der Waals surface area (Å²) in [6.45, 7) is 3.11. The molecule has 35 heavy (non-hydrogen) atoms. The van der Waals surface area contributed by atoms with Crippen molar-refractivity contribution in [2.24, 2.45) is 0 Å². The van der Waals surface area contributed by atoms with E-state index in [4.69, 9.17) is 29.3 Å². The quantitative estimate of drug-likeness (QED) is 0.419. The Morgan fingerprint density at radius 2 is 1.51 bits per heavy atom. The number of piperidine rings is 1. The number of methoxy groups -OCH3 is 1. The summed E-state index contributed by atoms with van der Waals surface area (Å²) in [6, 6.07) is 27.0. The number of hydrogen-bond donors (Lipinski definition) is 3. The van der Waals surface area contributed by atoms with Gasteiger partial charge in [0.15, 0.2) is 0 Å². The molecular weight excluding hydrogens is 448 g/mol. The van der Waals surface area contributed by atoms with E-state index in [0.29, 0.717) is 6.04 Å². The minimum absolute atomic E-state index is 0.482. The predicted molar refractivity (Wildman–Crippen MR) is 133 cm³/mol. The van der Waals surface area contributed by atoms with E-state index in [1.165, 1.54) is 5.56 Å². The third-order valence-electron chi connectivity index (χ3n) is 5.52. The van der Waals surface area contributed by atoms with Crippen LogP contribution in [0.5, 0.6) is 17.2 Å². The topological polar surface area (TPSA) is 108 Å². The first-order valence-electron chi connectivity index (χ1n) is 11.3. The van der Waals surface area contributed by atoms with Crippen molar-refractivity contribution in [1.29, 1.82) is 0 Å². The SMILES string of the molecule is COc1ccccc1NC1CCN(Cc2cccc(Oc3ccccc3)c2)CC1.O=C(O)C(=O)O. The molecule has 3 aromatic carbocycles. The van der Waals surface area contributed by atoms with Crippen LogP contribution in [0.2, 0.25) is 0 Å². The summed E-state index contributed by atoms with van der Waals surface area (Å²) in [4.78, 5) is 20.7. The van der Waals surface area contributed by atoms with E-state index in [2.05, 4.69) is 34.5 Å². The minimum Gasteiger partial charge on any atom is -0.495 e. The van der Waals surface area contributed by atoms with E-state index >= 15 is 0 Å². The zero-order chi connectivity index (χ0) is 25.0. The first-order valence-corrected chi connectivity index (χ1v) is 11.3. The first kappa shape index (κ1) is 25.6. The number of likely N-dealkylation sites (tertiary alicyclic amines) is 1. The van der Waals surface area contributed by atoms with Gasteiger partial charge in [0.05, 0.1) is 12.8 Å². The van der Waals surface area contributed by atoms with Crippen LogP contribution in [-0.2, 0) is 16.1 Å². The summed E-state index contributed by atoms with van der Waals surface area (Å²) >= 11 is 0. The fraction of sp³-hybridized carbons (Fsp3) is 0.259. The van der Waals surface area contributed by atoms with Gasteiger partial charge in [0, 0.05) is 25.7 Å². The number of anilines is 1. The molecule has 0 radical (unpaired) electrons. The largest absolute Gasteiger partial charge is 0.495 e. The number of aliphatic carboxylic acids is 2. The van der Waals surface area contributed by atoms with Crippen molar-refractivity contribution in [3.8, 4) is 17.2 Å². The van der Waals surface area contributed by atoms with E-state index in [1.807, 2.05) is 54.6 Å². The van der Waals surface area contributed by atoms with Gasteiger partial charge in [0.1, 0.15) is 17.2 Å². The van der Waals surface area contributed by atoms with E-state index in [-0.39, 0.29) is 0 Å². The van der Waals surface area contributed by atoms with E-state index in [9.17, 15) is 0 Å². The molecule has 1 aliphatic rings. The van der Waals surface area contributed by atoms with Crippen LogP contribution in [0.1, 0.15) is 18.4 Å². The molecule has 1 saturated heterocycles. The number of nitrogens with zero attached hydrogens (tertiary/aromatic N) is 1. The molecule has 0 atom stereocenters. The highest BCUT2D eigenvalue weighted by Crippen LogP contribution is 2.27. The van der Waals surface area contributed by atoms with Gasteiger partial charge in [0.25, 0.3) is 0 Å². The maximum absolute atomic E-state index is 9.10. The Kier molecular flexibility index (Phi) is 9.50. The lowest BCUT2D eigenvalue weighted by Gasteiger charge is -2.33. The number of carboxylic acid groups (broad SMARTS) is 2. The smallest absolute Gasteiger partial charge is 0.414 e. The molecule has 0 aromatic heterocycles. The maximum atomic E-state index is 9.10. The summed E-state index contributed by atoms with van der Waals surface area (Å²) in [5.41, 5.74) is 2.37. The van der Waals surface area contributed by atoms with Gasteiger partial charge < -0.3 is 25.0 Å². The van der Waals surface area contributed by atoms with Crippen molar-refractivity contribution >= 4 is 17.6 Å². The van der Waals surface area contributed by atoms with Crippen LogP contribution < -0.4 is 14.8 Å². The molecule has 0 spiro atoms. The number of ether oxygens (including phenoxy) is 2. The van der Waals surface area contributed by atoms with Crippen molar-refractivity contribution in [3.63, 3.8) is 0 Å². The normalized spacial score (nSPS) is 13.7. The highest BCUT2D eigenvalue weighted by Gasteiger charge is 2.20. The van der Waals surface area contributed by atoms with Crippen LogP contribution in [0.15, 0.2) is 78.9 Å². The monoisotopic (exact) mass is 478 g/mol. The molecule has 0 aliphatic carbocycles. The number of carbonyl (C=O) groups is 2. The summed E-state index contributed by atoms with van der Waals surface area (Å²) < 4.78 is 11.4. The predicted octanol–water partition coefficient (Wildman–Crippen LogP) is 4.72. The fourth-order valence-electron chi connectivity index (χ4n) is 3.81. The van der Waals surface area contributed by atoms with Crippen LogP contribution in [0.4, 0.5) is 5.69 Å². The molecule has 3 N–H and O–H groups in total. The fourth-order valence-corrected chi connectivity index (χ4v) is 3.81. The molecule has 3 aromatic rings. The average molecular weight is 479 g/mol. The van der Waals surface area contributed by atoms with Gasteiger partial charge >= 0.3 is 11.9 Å². The third-order valence-corrected chi connectivity index (χ3v) is 5.52. The Hall–Kier alpha value is -4.04. The molecule has 1 heterocycles. The van der Waals surface area contributed by atoms with Gasteiger partial charge in [0.2, 0.25) is 0 Å². The number of para-hydroxylation sites is 3. The number of benzene rings is 3. The maximum Gasteiger partial charge on any atom is 0.414 e. The Labute approximate surface area is 204 Å². The Bertz CT molecular complexity index is 1090. The van der Waals surface area contributed by atoms with E-state index in [0.717, 1.165) is 55.4 Å².